The van der Waals surface area contributed by atoms with E-state index in [9.17, 15) is 5.11 Å². The van der Waals surface area contributed by atoms with Gasteiger partial charge in [-0.25, -0.2) is 4.98 Å². The highest BCUT2D eigenvalue weighted by molar-refractivity contribution is 7.33. The fourth-order valence-electron chi connectivity index (χ4n) is 1.73. The molecule has 0 spiro atoms. The Hall–Kier alpha value is -1.13. The highest BCUT2D eigenvalue weighted by Crippen LogP contribution is 2.44. The van der Waals surface area contributed by atoms with Gasteiger partial charge < -0.3 is 5.11 Å². The summed E-state index contributed by atoms with van der Waals surface area (Å²) in [4.78, 5) is 5.26. The maximum absolute atomic E-state index is 9.65. The van der Waals surface area contributed by atoms with Crippen LogP contribution in [0, 0.1) is 13.8 Å². The Labute approximate surface area is 94.8 Å². The van der Waals surface area contributed by atoms with Crippen molar-refractivity contribution in [1.82, 2.24) is 4.98 Å². The zero-order chi connectivity index (χ0) is 10.6. The first-order valence-corrected chi connectivity index (χ1v) is 6.28. The average Bonchev–Trinajstić information content (AvgIpc) is 2.69. The molecule has 0 unspecified atom stereocenters. The van der Waals surface area contributed by atoms with Gasteiger partial charge in [0, 0.05) is 21.2 Å². The van der Waals surface area contributed by atoms with Gasteiger partial charge in [0.2, 0.25) is 5.88 Å². The Kier molecular flexibility index (Phi) is 1.78. The van der Waals surface area contributed by atoms with Gasteiger partial charge in [-0.05, 0) is 25.5 Å². The molecule has 0 fully saturated rings. The van der Waals surface area contributed by atoms with Crippen LogP contribution in [-0.2, 0) is 0 Å². The molecule has 2 nitrogen and oxygen atoms in total. The molecular formula is C11H9NOS2. The van der Waals surface area contributed by atoms with Crippen molar-refractivity contribution in [3.05, 3.63) is 22.7 Å². The monoisotopic (exact) mass is 235 g/mol. The number of thiophene rings is 2. The summed E-state index contributed by atoms with van der Waals surface area (Å²) in [6.07, 6.45) is 1.66. The highest BCUT2D eigenvalue weighted by atomic mass is 32.1. The molecule has 0 aromatic carbocycles. The SMILES string of the molecule is Cc1sc2c(sc3c(O)nccc32)c1C. The van der Waals surface area contributed by atoms with Crippen molar-refractivity contribution in [1.29, 1.82) is 0 Å². The van der Waals surface area contributed by atoms with E-state index in [2.05, 4.69) is 18.8 Å². The molecule has 4 heteroatoms. The van der Waals surface area contributed by atoms with Gasteiger partial charge in [0.25, 0.3) is 0 Å². The molecule has 3 aromatic rings. The molecule has 0 atom stereocenters. The van der Waals surface area contributed by atoms with Crippen LogP contribution in [0.25, 0.3) is 19.5 Å². The van der Waals surface area contributed by atoms with Crippen molar-refractivity contribution in [3.63, 3.8) is 0 Å². The van der Waals surface area contributed by atoms with E-state index in [0.29, 0.717) is 0 Å². The molecule has 1 N–H and O–H groups in total. The molecule has 3 aromatic heterocycles. The molecule has 3 rings (SSSR count). The van der Waals surface area contributed by atoms with E-state index < -0.39 is 0 Å². The molecule has 3 heterocycles. The summed E-state index contributed by atoms with van der Waals surface area (Å²) in [5, 5.41) is 10.8. The van der Waals surface area contributed by atoms with Crippen LogP contribution >= 0.6 is 22.7 Å². The summed E-state index contributed by atoms with van der Waals surface area (Å²) in [6, 6.07) is 1.98. The number of aryl methyl sites for hydroxylation is 2. The molecule has 0 bridgehead atoms. The van der Waals surface area contributed by atoms with Gasteiger partial charge in [0.15, 0.2) is 0 Å². The summed E-state index contributed by atoms with van der Waals surface area (Å²) in [7, 11) is 0. The molecule has 0 amide bonds. The summed E-state index contributed by atoms with van der Waals surface area (Å²) < 4.78 is 3.47. The Bertz CT molecular complexity index is 666. The number of fused-ring (bicyclic) bond motifs is 3. The van der Waals surface area contributed by atoms with E-state index >= 15 is 0 Å². The number of rotatable bonds is 0. The lowest BCUT2D eigenvalue weighted by molar-refractivity contribution is 0.461. The van der Waals surface area contributed by atoms with Gasteiger partial charge in [0.1, 0.15) is 0 Å². The predicted octanol–water partition coefficient (Wildman–Crippen LogP) is 3.83. The lowest BCUT2D eigenvalue weighted by Crippen LogP contribution is -1.70. The van der Waals surface area contributed by atoms with Crippen molar-refractivity contribution < 1.29 is 5.11 Å². The lowest BCUT2D eigenvalue weighted by atomic mass is 10.2. The summed E-state index contributed by atoms with van der Waals surface area (Å²) in [5.74, 6) is 0.151. The second-order valence-electron chi connectivity index (χ2n) is 3.55. The minimum atomic E-state index is 0.151. The second-order valence-corrected chi connectivity index (χ2v) is 5.80. The number of aromatic nitrogens is 1. The molecule has 0 aliphatic carbocycles. The van der Waals surface area contributed by atoms with Crippen LogP contribution in [0.15, 0.2) is 12.3 Å². The van der Waals surface area contributed by atoms with Crippen LogP contribution in [0.5, 0.6) is 5.88 Å². The topological polar surface area (TPSA) is 33.1 Å². The highest BCUT2D eigenvalue weighted by Gasteiger charge is 2.14. The van der Waals surface area contributed by atoms with Crippen LogP contribution in [0.2, 0.25) is 0 Å². The molecule has 0 saturated carbocycles. The van der Waals surface area contributed by atoms with Crippen molar-refractivity contribution >= 4 is 42.2 Å². The standard InChI is InChI=1S/C11H9NOS2/c1-5-6(2)14-9-7-3-4-12-11(13)10(7)15-8(5)9/h3-4H,1-2H3,(H,12,13). The quantitative estimate of drug-likeness (QED) is 0.642. The van der Waals surface area contributed by atoms with Gasteiger partial charge in [-0.15, -0.1) is 22.7 Å². The summed E-state index contributed by atoms with van der Waals surface area (Å²) in [6.45, 7) is 4.27. The third-order valence-electron chi connectivity index (χ3n) is 2.66. The van der Waals surface area contributed by atoms with Crippen LogP contribution in [0.4, 0.5) is 0 Å². The van der Waals surface area contributed by atoms with Crippen molar-refractivity contribution in [2.45, 2.75) is 13.8 Å². The van der Waals surface area contributed by atoms with E-state index in [4.69, 9.17) is 0 Å². The Morgan fingerprint density at radius 2 is 1.93 bits per heavy atom. The normalized spacial score (nSPS) is 11.6. The van der Waals surface area contributed by atoms with E-state index in [0.717, 1.165) is 10.1 Å². The number of aromatic hydroxyl groups is 1. The van der Waals surface area contributed by atoms with Crippen LogP contribution in [-0.4, -0.2) is 10.1 Å². The summed E-state index contributed by atoms with van der Waals surface area (Å²) in [5.41, 5.74) is 1.33. The van der Waals surface area contributed by atoms with E-state index in [-0.39, 0.29) is 5.88 Å². The molecule has 0 aliphatic rings. The largest absolute Gasteiger partial charge is 0.492 e. The van der Waals surface area contributed by atoms with E-state index in [1.54, 1.807) is 28.9 Å². The fourth-order valence-corrected chi connectivity index (χ4v) is 4.33. The Morgan fingerprint density at radius 3 is 2.73 bits per heavy atom. The lowest BCUT2D eigenvalue weighted by Gasteiger charge is -1.91. The minimum Gasteiger partial charge on any atom is -0.492 e. The molecule has 0 saturated heterocycles. The van der Waals surface area contributed by atoms with Gasteiger partial charge in [0.05, 0.1) is 9.40 Å². The molecular weight excluding hydrogens is 226 g/mol. The van der Waals surface area contributed by atoms with Gasteiger partial charge in [-0.1, -0.05) is 0 Å². The number of hydrogen-bond acceptors (Lipinski definition) is 4. The number of nitrogens with zero attached hydrogens (tertiary/aromatic N) is 1. The third-order valence-corrected chi connectivity index (χ3v) is 5.36. The maximum atomic E-state index is 9.65. The first-order valence-electron chi connectivity index (χ1n) is 4.64. The predicted molar refractivity (Wildman–Crippen MR) is 66.1 cm³/mol. The van der Waals surface area contributed by atoms with Crippen molar-refractivity contribution in [2.75, 3.05) is 0 Å². The number of hydrogen-bond donors (Lipinski definition) is 1. The second kappa shape index (κ2) is 2.93. The van der Waals surface area contributed by atoms with E-state index in [1.807, 2.05) is 6.07 Å². The molecule has 76 valence electrons. The minimum absolute atomic E-state index is 0.151. The van der Waals surface area contributed by atoms with Crippen LogP contribution in [0.1, 0.15) is 10.4 Å². The Balaban J connectivity index is 2.60. The zero-order valence-electron chi connectivity index (χ0n) is 8.37. The molecule has 0 radical (unpaired) electrons. The molecule has 15 heavy (non-hydrogen) atoms. The zero-order valence-corrected chi connectivity index (χ0v) is 10.00. The smallest absolute Gasteiger partial charge is 0.229 e. The van der Waals surface area contributed by atoms with Crippen LogP contribution in [0.3, 0.4) is 0 Å². The first-order chi connectivity index (χ1) is 7.18. The van der Waals surface area contributed by atoms with Gasteiger partial charge >= 0.3 is 0 Å². The molecule has 0 aliphatic heterocycles. The summed E-state index contributed by atoms with van der Waals surface area (Å²) >= 11 is 3.43. The third kappa shape index (κ3) is 1.12. The van der Waals surface area contributed by atoms with Crippen molar-refractivity contribution in [2.24, 2.45) is 0 Å². The number of pyridine rings is 1. The van der Waals surface area contributed by atoms with Gasteiger partial charge in [-0.2, -0.15) is 0 Å². The fraction of sp³-hybridized carbons (Fsp3) is 0.182. The van der Waals surface area contributed by atoms with Crippen LogP contribution < -0.4 is 0 Å². The first kappa shape index (κ1) is 9.12. The van der Waals surface area contributed by atoms with E-state index in [1.165, 1.54) is 19.8 Å². The average molecular weight is 235 g/mol. The maximum Gasteiger partial charge on any atom is 0.229 e. The van der Waals surface area contributed by atoms with Gasteiger partial charge in [-0.3, -0.25) is 0 Å². The Morgan fingerprint density at radius 1 is 1.13 bits per heavy atom. The van der Waals surface area contributed by atoms with Crippen molar-refractivity contribution in [3.8, 4) is 5.88 Å².